The van der Waals surface area contributed by atoms with Crippen molar-refractivity contribution >= 4 is 35.0 Å². The number of hydrogen-bond acceptors (Lipinski definition) is 6. The van der Waals surface area contributed by atoms with E-state index in [2.05, 4.69) is 6.58 Å². The average Bonchev–Trinajstić information content (AvgIpc) is 3.04. The van der Waals surface area contributed by atoms with Crippen LogP contribution in [0.25, 0.3) is 0 Å². The van der Waals surface area contributed by atoms with Gasteiger partial charge in [-0.05, 0) is 109 Å². The summed E-state index contributed by atoms with van der Waals surface area (Å²) in [6, 6.07) is 36.2. The number of carboxylic acid groups (broad SMARTS) is 1. The summed E-state index contributed by atoms with van der Waals surface area (Å²) in [6.45, 7) is 5.40. The summed E-state index contributed by atoms with van der Waals surface area (Å²) in [5, 5.41) is 9.31. The van der Waals surface area contributed by atoms with Crippen LogP contribution < -0.4 is 14.4 Å². The van der Waals surface area contributed by atoms with Crippen LogP contribution in [-0.2, 0) is 11.2 Å². The van der Waals surface area contributed by atoms with Crippen LogP contribution in [0.1, 0.15) is 37.4 Å². The van der Waals surface area contributed by atoms with Gasteiger partial charge in [0, 0.05) is 23.1 Å². The van der Waals surface area contributed by atoms with Crippen LogP contribution in [0.4, 0.5) is 17.1 Å². The third kappa shape index (κ3) is 7.27. The third-order valence-corrected chi connectivity index (χ3v) is 6.88. The van der Waals surface area contributed by atoms with Gasteiger partial charge < -0.3 is 19.5 Å². The zero-order chi connectivity index (χ0) is 31.1. The second kappa shape index (κ2) is 13.4. The van der Waals surface area contributed by atoms with Gasteiger partial charge in [-0.1, -0.05) is 48.5 Å². The van der Waals surface area contributed by atoms with Gasteiger partial charge in [0.2, 0.25) is 0 Å². The molecule has 0 aliphatic carbocycles. The summed E-state index contributed by atoms with van der Waals surface area (Å²) in [7, 11) is 0. The Labute approximate surface area is 255 Å². The lowest BCUT2D eigenvalue weighted by atomic mass is 10.0. The summed E-state index contributed by atoms with van der Waals surface area (Å²) >= 11 is 0. The van der Waals surface area contributed by atoms with Crippen molar-refractivity contribution in [1.29, 1.82) is 0 Å². The van der Waals surface area contributed by atoms with Crippen molar-refractivity contribution in [3.05, 3.63) is 162 Å². The highest BCUT2D eigenvalue weighted by atomic mass is 16.5. The first-order valence-electron chi connectivity index (χ1n) is 13.8. The molecule has 5 rings (SSSR count). The van der Waals surface area contributed by atoms with E-state index in [-0.39, 0.29) is 5.56 Å². The summed E-state index contributed by atoms with van der Waals surface area (Å²) in [4.78, 5) is 37.6. The molecule has 0 spiro atoms. The van der Waals surface area contributed by atoms with Crippen LogP contribution in [-0.4, -0.2) is 23.0 Å². The Balaban J connectivity index is 1.26. The maximum atomic E-state index is 12.9. The molecule has 0 fully saturated rings. The van der Waals surface area contributed by atoms with Gasteiger partial charge >= 0.3 is 17.9 Å². The van der Waals surface area contributed by atoms with Gasteiger partial charge in [0.15, 0.2) is 0 Å². The molecular weight excluding hydrogens is 554 g/mol. The lowest BCUT2D eigenvalue weighted by molar-refractivity contribution is -0.128. The van der Waals surface area contributed by atoms with Gasteiger partial charge in [0.1, 0.15) is 11.5 Å². The summed E-state index contributed by atoms with van der Waals surface area (Å²) in [6.07, 6.45) is 1.77. The first-order valence-corrected chi connectivity index (χ1v) is 13.8. The zero-order valence-corrected chi connectivity index (χ0v) is 24.0. The predicted molar refractivity (Wildman–Crippen MR) is 169 cm³/mol. The van der Waals surface area contributed by atoms with E-state index >= 15 is 0 Å². The Morgan fingerprint density at radius 1 is 0.636 bits per heavy atom. The van der Waals surface area contributed by atoms with Gasteiger partial charge in [-0.2, -0.15) is 0 Å². The van der Waals surface area contributed by atoms with Crippen molar-refractivity contribution in [3.63, 3.8) is 0 Å². The molecule has 0 unspecified atom stereocenters. The van der Waals surface area contributed by atoms with Crippen molar-refractivity contribution < 1.29 is 29.0 Å². The van der Waals surface area contributed by atoms with Gasteiger partial charge in [-0.15, -0.1) is 0 Å². The fraction of sp³-hybridized carbons (Fsp3) is 0.0541. The summed E-state index contributed by atoms with van der Waals surface area (Å²) in [5.41, 5.74) is 6.23. The number of carbonyl (C=O) groups is 3. The van der Waals surface area contributed by atoms with Crippen molar-refractivity contribution in [3.8, 4) is 11.5 Å². The van der Waals surface area contributed by atoms with Crippen molar-refractivity contribution in [1.82, 2.24) is 0 Å². The number of carboxylic acids is 1. The first-order chi connectivity index (χ1) is 21.3. The Kier molecular flexibility index (Phi) is 8.96. The number of carbonyl (C=O) groups excluding carboxylic acids is 2. The minimum Gasteiger partial charge on any atom is -0.478 e. The second-order valence-corrected chi connectivity index (χ2v) is 10.0. The number of nitrogens with zero attached hydrogens (tertiary/aromatic N) is 1. The van der Waals surface area contributed by atoms with Gasteiger partial charge in [-0.3, -0.25) is 0 Å². The van der Waals surface area contributed by atoms with Crippen LogP contribution in [0.2, 0.25) is 0 Å². The maximum absolute atomic E-state index is 12.9. The van der Waals surface area contributed by atoms with Gasteiger partial charge in [0.25, 0.3) is 0 Å². The third-order valence-electron chi connectivity index (χ3n) is 6.88. The Bertz CT molecular complexity index is 1770. The average molecular weight is 584 g/mol. The molecule has 218 valence electrons. The molecular formula is C37H29NO6. The molecule has 0 heterocycles. The van der Waals surface area contributed by atoms with E-state index in [1.54, 1.807) is 60.7 Å². The lowest BCUT2D eigenvalue weighted by Crippen LogP contribution is -2.12. The van der Waals surface area contributed by atoms with E-state index in [1.807, 2.05) is 72.5 Å². The standard InChI is InChI=1S/C37H29NO6/c1-3-35(39)43-33-20-6-26(7-21-33)24-27-8-22-34(23-9-27)44-37(42)29-12-18-32(19-13-29)38(30-14-4-25(2)5-15-30)31-16-10-28(11-17-31)36(40)41/h3-23H,1,24H2,2H3,(H,40,41). The lowest BCUT2D eigenvalue weighted by Gasteiger charge is -2.25. The van der Waals surface area contributed by atoms with Crippen molar-refractivity contribution in [2.45, 2.75) is 13.3 Å². The minimum atomic E-state index is -0.990. The van der Waals surface area contributed by atoms with E-state index in [0.717, 1.165) is 39.8 Å². The van der Waals surface area contributed by atoms with E-state index in [0.29, 0.717) is 23.5 Å². The Morgan fingerprint density at radius 2 is 1.07 bits per heavy atom. The molecule has 0 saturated heterocycles. The molecule has 1 N–H and O–H groups in total. The molecule has 44 heavy (non-hydrogen) atoms. The van der Waals surface area contributed by atoms with Crippen LogP contribution in [0.15, 0.2) is 134 Å². The van der Waals surface area contributed by atoms with E-state index in [9.17, 15) is 19.5 Å². The largest absolute Gasteiger partial charge is 0.478 e. The predicted octanol–water partition coefficient (Wildman–Crippen LogP) is 8.06. The van der Waals surface area contributed by atoms with Crippen molar-refractivity contribution in [2.24, 2.45) is 0 Å². The molecule has 7 heteroatoms. The number of anilines is 3. The minimum absolute atomic E-state index is 0.200. The number of aryl methyl sites for hydroxylation is 1. The Hall–Kier alpha value is -5.95. The monoisotopic (exact) mass is 583 g/mol. The van der Waals surface area contributed by atoms with E-state index in [1.165, 1.54) is 0 Å². The van der Waals surface area contributed by atoms with Crippen molar-refractivity contribution in [2.75, 3.05) is 4.90 Å². The van der Waals surface area contributed by atoms with E-state index < -0.39 is 17.9 Å². The van der Waals surface area contributed by atoms with Gasteiger partial charge in [-0.25, -0.2) is 14.4 Å². The number of esters is 2. The van der Waals surface area contributed by atoms with Gasteiger partial charge in [0.05, 0.1) is 11.1 Å². The molecule has 7 nitrogen and oxygen atoms in total. The number of ether oxygens (including phenoxy) is 2. The van der Waals surface area contributed by atoms with E-state index in [4.69, 9.17) is 9.47 Å². The molecule has 0 saturated carbocycles. The summed E-state index contributed by atoms with van der Waals surface area (Å²) in [5.74, 6) is -1.11. The fourth-order valence-corrected chi connectivity index (χ4v) is 4.55. The molecule has 0 atom stereocenters. The number of benzene rings is 5. The SMILES string of the molecule is C=CC(=O)Oc1ccc(Cc2ccc(OC(=O)c3ccc(N(c4ccc(C)cc4)c4ccc(C(=O)O)cc4)cc3)cc2)cc1. The van der Waals surface area contributed by atoms with Crippen LogP contribution in [0.5, 0.6) is 11.5 Å². The smallest absolute Gasteiger partial charge is 0.343 e. The molecule has 0 bridgehead atoms. The highest BCUT2D eigenvalue weighted by Crippen LogP contribution is 2.35. The highest BCUT2D eigenvalue weighted by Gasteiger charge is 2.15. The highest BCUT2D eigenvalue weighted by molar-refractivity contribution is 5.92. The topological polar surface area (TPSA) is 93.1 Å². The number of aromatic carboxylic acids is 1. The molecule has 5 aromatic carbocycles. The first kappa shape index (κ1) is 29.5. The van der Waals surface area contributed by atoms with Crippen LogP contribution in [0.3, 0.4) is 0 Å². The number of rotatable bonds is 10. The van der Waals surface area contributed by atoms with Crippen LogP contribution >= 0.6 is 0 Å². The Morgan fingerprint density at radius 3 is 1.52 bits per heavy atom. The molecule has 0 radical (unpaired) electrons. The molecule has 0 amide bonds. The van der Waals surface area contributed by atoms with Crippen LogP contribution in [0, 0.1) is 6.92 Å². The fourth-order valence-electron chi connectivity index (χ4n) is 4.55. The summed E-state index contributed by atoms with van der Waals surface area (Å²) < 4.78 is 10.7. The molecule has 0 aromatic heterocycles. The quantitative estimate of drug-likeness (QED) is 0.101. The molecule has 0 aliphatic rings. The maximum Gasteiger partial charge on any atom is 0.343 e. The number of hydrogen-bond donors (Lipinski definition) is 1. The zero-order valence-electron chi connectivity index (χ0n) is 24.0. The molecule has 5 aromatic rings. The molecule has 0 aliphatic heterocycles. The normalized spacial score (nSPS) is 10.5. The second-order valence-electron chi connectivity index (χ2n) is 10.0.